The van der Waals surface area contributed by atoms with Gasteiger partial charge in [0.15, 0.2) is 0 Å². The molecule has 0 aromatic carbocycles. The number of halogens is 36. The molecule has 0 saturated carbocycles. The highest BCUT2D eigenvalue weighted by atomic mass is 19.4. The molecule has 0 fully saturated rings. The maximum atomic E-state index is 14.0. The number of rotatable bonds is 24. The minimum atomic E-state index is -8.66. The third-order valence-corrected chi connectivity index (χ3v) is 7.02. The van der Waals surface area contributed by atoms with Gasteiger partial charge < -0.3 is 14.2 Å². The van der Waals surface area contributed by atoms with Crippen LogP contribution in [0.25, 0.3) is 0 Å². The molecule has 0 N–H and O–H groups in total. The van der Waals surface area contributed by atoms with Gasteiger partial charge in [0.2, 0.25) is 0 Å². The van der Waals surface area contributed by atoms with E-state index in [4.69, 9.17) is 0 Å². The molecule has 0 aliphatic heterocycles. The van der Waals surface area contributed by atoms with Crippen molar-refractivity contribution in [3.8, 4) is 0 Å². The van der Waals surface area contributed by atoms with Crippen molar-refractivity contribution in [2.75, 3.05) is 19.8 Å². The predicted octanol–water partition coefficient (Wildman–Crippen LogP) is 11.6. The van der Waals surface area contributed by atoms with Gasteiger partial charge in [0.1, 0.15) is 19.8 Å². The van der Waals surface area contributed by atoms with Crippen LogP contribution >= 0.6 is 0 Å². The molecule has 0 atom stereocenters. The summed E-state index contributed by atoms with van der Waals surface area (Å²) in [7, 11) is 0. The van der Waals surface area contributed by atoms with Crippen LogP contribution in [0.3, 0.4) is 0 Å². The fraction of sp³-hybridized carbons (Fsp3) is 1.00. The van der Waals surface area contributed by atoms with E-state index in [1.54, 1.807) is 0 Å². The molecule has 368 valence electrons. The van der Waals surface area contributed by atoms with E-state index >= 15 is 0 Å². The van der Waals surface area contributed by atoms with Gasteiger partial charge in [-0.05, 0) is 0 Å². The highest BCUT2D eigenvalue weighted by molar-refractivity contribution is 5.11. The van der Waals surface area contributed by atoms with Gasteiger partial charge in [0, 0.05) is 0 Å². The second-order valence-corrected chi connectivity index (χ2v) is 11.3. The second kappa shape index (κ2) is 16.4. The lowest BCUT2D eigenvalue weighted by atomic mass is 9.94. The Hall–Kier alpha value is -2.64. The molecule has 61 heavy (non-hydrogen) atoms. The van der Waals surface area contributed by atoms with E-state index in [9.17, 15) is 158 Å². The molecule has 0 radical (unpaired) electrons. The fourth-order valence-electron chi connectivity index (χ4n) is 3.25. The molecule has 0 rings (SSSR count). The van der Waals surface area contributed by atoms with Gasteiger partial charge in [-0.15, -0.1) is 0 Å². The summed E-state index contributed by atoms with van der Waals surface area (Å²) in [6, 6.07) is 0. The first-order valence-electron chi connectivity index (χ1n) is 13.5. The highest BCUT2D eigenvalue weighted by Gasteiger charge is 2.90. The molecule has 0 aliphatic carbocycles. The molecule has 0 aromatic heterocycles. The van der Waals surface area contributed by atoms with Crippen molar-refractivity contribution in [2.24, 2.45) is 0 Å². The van der Waals surface area contributed by atoms with E-state index in [0.717, 1.165) is 0 Å². The van der Waals surface area contributed by atoms with Crippen LogP contribution < -0.4 is 0 Å². The summed E-state index contributed by atoms with van der Waals surface area (Å²) in [5, 5.41) is 0. The molecule has 0 heterocycles. The first kappa shape index (κ1) is 58.4. The van der Waals surface area contributed by atoms with Crippen LogP contribution in [0.5, 0.6) is 0 Å². The summed E-state index contributed by atoms with van der Waals surface area (Å²) >= 11 is 0. The average molecular weight is 1010 g/mol. The zero-order valence-corrected chi connectivity index (χ0v) is 26.8. The van der Waals surface area contributed by atoms with E-state index in [0.29, 0.717) is 0 Å². The molecule has 0 aliphatic rings. The van der Waals surface area contributed by atoms with Gasteiger partial charge >= 0.3 is 108 Å². The molecule has 0 spiro atoms. The maximum absolute atomic E-state index is 14.0. The Morgan fingerprint density at radius 1 is 0.230 bits per heavy atom. The lowest BCUT2D eigenvalue weighted by Crippen LogP contribution is -2.70. The van der Waals surface area contributed by atoms with Crippen LogP contribution in [-0.4, -0.2) is 134 Å². The molecule has 0 unspecified atom stereocenters. The van der Waals surface area contributed by atoms with E-state index < -0.39 is 134 Å². The average Bonchev–Trinajstić information content (AvgIpc) is 3.06. The van der Waals surface area contributed by atoms with E-state index in [1.807, 2.05) is 0 Å². The maximum Gasteiger partial charge on any atom is 0.384 e. The molecule has 0 bridgehead atoms. The van der Waals surface area contributed by atoms with Gasteiger partial charge in [-0.2, -0.15) is 132 Å². The summed E-state index contributed by atoms with van der Waals surface area (Å²) in [5.41, 5.74) is 0. The Bertz CT molecular complexity index is 1290. The summed E-state index contributed by atoms with van der Waals surface area (Å²) in [4.78, 5) is 0. The summed E-state index contributed by atoms with van der Waals surface area (Å²) in [6.07, 6.45) is -18.7. The largest absolute Gasteiger partial charge is 0.384 e. The third kappa shape index (κ3) is 8.80. The van der Waals surface area contributed by atoms with Gasteiger partial charge in [0.25, 0.3) is 6.48 Å². The van der Waals surface area contributed by atoms with Crippen LogP contribution in [0.15, 0.2) is 0 Å². The van der Waals surface area contributed by atoms with Crippen molar-refractivity contribution in [3.05, 3.63) is 0 Å². The van der Waals surface area contributed by atoms with Gasteiger partial charge in [-0.3, -0.25) is 0 Å². The Kier molecular flexibility index (Phi) is 15.7. The molecule has 3 nitrogen and oxygen atoms in total. The van der Waals surface area contributed by atoms with Crippen LogP contribution in [0.2, 0.25) is 0 Å². The van der Waals surface area contributed by atoms with Gasteiger partial charge in [-0.1, -0.05) is 0 Å². The van der Waals surface area contributed by atoms with Crippen molar-refractivity contribution >= 4 is 0 Å². The minimum absolute atomic E-state index is 2.67. The summed E-state index contributed by atoms with van der Waals surface area (Å²) in [5.74, 6) is -124. The first-order chi connectivity index (χ1) is 26.1. The van der Waals surface area contributed by atoms with Crippen molar-refractivity contribution in [1.82, 2.24) is 0 Å². The van der Waals surface area contributed by atoms with Crippen LogP contribution in [-0.2, 0) is 14.2 Å². The fourth-order valence-corrected chi connectivity index (χ4v) is 3.25. The number of hydrogen-bond donors (Lipinski definition) is 0. The SMILES string of the molecule is FC(F)C(F)(F)C(F)(F)C(F)(F)C(F)(F)C(F)(F)COC(OCC(F)(F)C(F)(F)C(F)(F)C(F)(F)C(F)(F)C(F)F)OCC(F)(F)C(F)(F)C(F)(F)C(F)(F)C(F)(F)C(F)F. The molecule has 0 saturated heterocycles. The second-order valence-electron chi connectivity index (χ2n) is 11.3. The summed E-state index contributed by atoms with van der Waals surface area (Å²) in [6.45, 7) is -19.1. The molecular formula is C22H10F36O3. The normalized spacial score (nSPS) is 16.5. The first-order valence-corrected chi connectivity index (χ1v) is 13.5. The lowest BCUT2D eigenvalue weighted by molar-refractivity contribution is -0.434. The third-order valence-electron chi connectivity index (χ3n) is 7.02. The van der Waals surface area contributed by atoms with Crippen molar-refractivity contribution in [3.63, 3.8) is 0 Å². The van der Waals surface area contributed by atoms with Crippen molar-refractivity contribution in [2.45, 2.75) is 115 Å². The molecular weight excluding hydrogens is 996 g/mol. The number of hydrogen-bond acceptors (Lipinski definition) is 3. The Balaban J connectivity index is 7.34. The Morgan fingerprint density at radius 3 is 0.508 bits per heavy atom. The Labute approximate surface area is 308 Å². The number of ether oxygens (including phenoxy) is 3. The topological polar surface area (TPSA) is 27.7 Å². The van der Waals surface area contributed by atoms with Gasteiger partial charge in [0.05, 0.1) is 0 Å². The molecule has 39 heteroatoms. The highest BCUT2D eigenvalue weighted by Crippen LogP contribution is 2.61. The van der Waals surface area contributed by atoms with Crippen LogP contribution in [0.1, 0.15) is 0 Å². The van der Waals surface area contributed by atoms with Crippen molar-refractivity contribution in [1.29, 1.82) is 0 Å². The quantitative estimate of drug-likeness (QED) is 0.0712. The summed E-state index contributed by atoms with van der Waals surface area (Å²) < 4.78 is 488. The zero-order chi connectivity index (χ0) is 50.1. The van der Waals surface area contributed by atoms with E-state index in [1.165, 1.54) is 0 Å². The van der Waals surface area contributed by atoms with Crippen LogP contribution in [0.4, 0.5) is 158 Å². The van der Waals surface area contributed by atoms with Gasteiger partial charge in [-0.25, -0.2) is 26.3 Å². The smallest absolute Gasteiger partial charge is 0.323 e. The standard InChI is InChI=1S/C22H10F36O3/c23-4(24)11(35,36)17(47,48)20(53,54)14(41,42)8(29,30)1-59-7(60-2-9(31,32)15(43,44)21(55,56)18(49,50)12(37,38)5(25)26)61-3-10(33,34)16(45,46)22(57,58)19(51,52)13(39,40)6(27)28/h4-7H,1-3H2. The monoisotopic (exact) mass is 1010 g/mol. The van der Waals surface area contributed by atoms with Crippen molar-refractivity contribution < 1.29 is 172 Å². The van der Waals surface area contributed by atoms with E-state index in [2.05, 4.69) is 14.2 Å². The zero-order valence-electron chi connectivity index (χ0n) is 26.8. The van der Waals surface area contributed by atoms with E-state index in [-0.39, 0.29) is 0 Å². The van der Waals surface area contributed by atoms with Crippen LogP contribution in [0, 0.1) is 0 Å². The molecule has 0 amide bonds. The lowest BCUT2D eigenvalue weighted by Gasteiger charge is -2.40. The number of alkyl halides is 36. The Morgan fingerprint density at radius 2 is 0.377 bits per heavy atom. The molecule has 0 aromatic rings. The predicted molar refractivity (Wildman–Crippen MR) is 114 cm³/mol. The minimum Gasteiger partial charge on any atom is -0.323 e.